The van der Waals surface area contributed by atoms with Crippen LogP contribution in [0.1, 0.15) is 74.9 Å². The van der Waals surface area contributed by atoms with Gasteiger partial charge in [0.1, 0.15) is 6.61 Å². The maximum Gasteiger partial charge on any atom is 0.416 e. The van der Waals surface area contributed by atoms with Gasteiger partial charge in [0.15, 0.2) is 5.75 Å². The van der Waals surface area contributed by atoms with Gasteiger partial charge in [0.25, 0.3) is 0 Å². The van der Waals surface area contributed by atoms with Crippen LogP contribution in [-0.4, -0.2) is 58.5 Å². The van der Waals surface area contributed by atoms with Crippen LogP contribution < -0.4 is 19.3 Å². The molecule has 18 heteroatoms. The number of pyridine rings is 1. The fraction of sp³-hybridized carbons (Fsp3) is 0.471. The highest BCUT2D eigenvalue weighted by molar-refractivity contribution is 5.90. The van der Waals surface area contributed by atoms with E-state index < -0.39 is 66.2 Å². The third-order valence-corrected chi connectivity index (χ3v) is 8.27. The summed E-state index contributed by atoms with van der Waals surface area (Å²) in [5.74, 6) is -1.02. The summed E-state index contributed by atoms with van der Waals surface area (Å²) in [6, 6.07) is 4.58. The summed E-state index contributed by atoms with van der Waals surface area (Å²) >= 11 is 0. The predicted molar refractivity (Wildman–Crippen MR) is 172 cm³/mol. The maximum atomic E-state index is 13.9. The molecule has 0 saturated carbocycles. The van der Waals surface area contributed by atoms with E-state index in [9.17, 15) is 41.0 Å². The van der Waals surface area contributed by atoms with Crippen LogP contribution in [0.2, 0.25) is 0 Å². The van der Waals surface area contributed by atoms with Crippen LogP contribution in [0.3, 0.4) is 0 Å². The molecule has 2 aromatic heterocycles. The lowest BCUT2D eigenvalue weighted by Gasteiger charge is -2.43. The highest BCUT2D eigenvalue weighted by Gasteiger charge is 2.43. The summed E-state index contributed by atoms with van der Waals surface area (Å²) < 4.78 is 99.6. The first-order chi connectivity index (χ1) is 24.4. The number of hydrogen-bond acceptors (Lipinski definition) is 10. The normalized spacial score (nSPS) is 16.1. The molecule has 3 aromatic rings. The molecule has 0 saturated heterocycles. The number of alkyl halides is 6. The molecule has 1 N–H and O–H groups in total. The Bertz CT molecular complexity index is 1750. The van der Waals surface area contributed by atoms with Gasteiger partial charge in [0, 0.05) is 25.1 Å². The number of aliphatic carboxylic acids is 1. The molecule has 1 aliphatic heterocycles. The van der Waals surface area contributed by atoms with Gasteiger partial charge in [-0.1, -0.05) is 6.92 Å². The summed E-state index contributed by atoms with van der Waals surface area (Å²) in [5.41, 5.74) is -4.47. The number of fused-ring (bicyclic) bond motifs is 1. The molecule has 1 aromatic carbocycles. The Morgan fingerprint density at radius 2 is 1.69 bits per heavy atom. The van der Waals surface area contributed by atoms with E-state index in [1.54, 1.807) is 6.92 Å². The van der Waals surface area contributed by atoms with Gasteiger partial charge in [-0.3, -0.25) is 9.69 Å². The van der Waals surface area contributed by atoms with Gasteiger partial charge in [0.2, 0.25) is 11.8 Å². The molecule has 0 spiro atoms. The predicted octanol–water partition coefficient (Wildman–Crippen LogP) is 7.58. The smallest absolute Gasteiger partial charge is 0.416 e. The van der Waals surface area contributed by atoms with E-state index in [1.165, 1.54) is 55.3 Å². The van der Waals surface area contributed by atoms with Gasteiger partial charge < -0.3 is 24.2 Å². The Kier molecular flexibility index (Phi) is 12.1. The molecule has 1 amide bonds. The lowest BCUT2D eigenvalue weighted by atomic mass is 9.91. The fourth-order valence-electron chi connectivity index (χ4n) is 5.43. The minimum Gasteiger partial charge on any atom is -0.490 e. The highest BCUT2D eigenvalue weighted by Crippen LogP contribution is 2.44. The van der Waals surface area contributed by atoms with Gasteiger partial charge in [-0.2, -0.15) is 31.6 Å². The van der Waals surface area contributed by atoms with Crippen LogP contribution in [0, 0.1) is 16.7 Å². The van der Waals surface area contributed by atoms with Crippen LogP contribution in [-0.2, 0) is 28.4 Å². The van der Waals surface area contributed by atoms with Gasteiger partial charge in [-0.05, 0) is 62.9 Å². The standard InChI is InChI=1S/C34H36F6N6O6/c1-5-23-15-26(28-25(8-9-27(44-28)50-4)46(23)31(49)52-19-32(2,3)29(47)48)45(30-42-16-24(17-43-30)51-11-7-6-10-41)18-20-12-21(33(35,36)37)14-22(13-20)34(38,39)40/h8-9,12-14,16-17,23,26H,5-7,11,15,18-19H2,1-4H3,(H,47,48)/t23-,26?/m1/s1. The number of rotatable bonds is 13. The van der Waals surface area contributed by atoms with Crippen molar-refractivity contribution >= 4 is 23.7 Å². The minimum absolute atomic E-state index is 0.0158. The molecule has 3 heterocycles. The first-order valence-electron chi connectivity index (χ1n) is 16.0. The highest BCUT2D eigenvalue weighted by atomic mass is 19.4. The number of carbonyl (C=O) groups excluding carboxylic acids is 1. The second-order valence-electron chi connectivity index (χ2n) is 12.6. The Labute approximate surface area is 294 Å². The third kappa shape index (κ3) is 9.30. The number of carbonyl (C=O) groups is 2. The number of amides is 1. The van der Waals surface area contributed by atoms with E-state index in [4.69, 9.17) is 19.5 Å². The first kappa shape index (κ1) is 39.4. The number of carboxylic acids is 1. The molecular formula is C34H36F6N6O6. The van der Waals surface area contributed by atoms with Crippen molar-refractivity contribution in [3.63, 3.8) is 0 Å². The minimum atomic E-state index is -5.10. The summed E-state index contributed by atoms with van der Waals surface area (Å²) in [5, 5.41) is 18.3. The summed E-state index contributed by atoms with van der Waals surface area (Å²) in [7, 11) is 1.33. The average Bonchev–Trinajstić information content (AvgIpc) is 3.10. The van der Waals surface area contributed by atoms with Crippen LogP contribution in [0.15, 0.2) is 42.7 Å². The number of nitriles is 1. The number of benzene rings is 1. The average molecular weight is 739 g/mol. The molecule has 12 nitrogen and oxygen atoms in total. The Morgan fingerprint density at radius 1 is 1.06 bits per heavy atom. The molecule has 4 rings (SSSR count). The van der Waals surface area contributed by atoms with Gasteiger partial charge in [-0.25, -0.2) is 19.7 Å². The zero-order chi connectivity index (χ0) is 38.4. The Hall–Kier alpha value is -5.34. The van der Waals surface area contributed by atoms with E-state index in [1.807, 2.05) is 6.07 Å². The molecular weight excluding hydrogens is 702 g/mol. The van der Waals surface area contributed by atoms with Crippen LogP contribution in [0.4, 0.5) is 42.8 Å². The summed E-state index contributed by atoms with van der Waals surface area (Å²) in [4.78, 5) is 41.2. The van der Waals surface area contributed by atoms with E-state index in [2.05, 4.69) is 15.0 Å². The van der Waals surface area contributed by atoms with E-state index in [0.29, 0.717) is 25.0 Å². The van der Waals surface area contributed by atoms with Crippen molar-refractivity contribution in [2.45, 2.75) is 77.4 Å². The number of hydrogen-bond donors (Lipinski definition) is 1. The summed E-state index contributed by atoms with van der Waals surface area (Å²) in [6.45, 7) is 3.64. The number of unbranched alkanes of at least 4 members (excludes halogenated alkanes) is 1. The number of nitrogens with zero attached hydrogens (tertiary/aromatic N) is 6. The summed E-state index contributed by atoms with van der Waals surface area (Å²) in [6.07, 6.45) is -7.56. The Balaban J connectivity index is 1.86. The molecule has 0 radical (unpaired) electrons. The molecule has 0 bridgehead atoms. The van der Waals surface area contributed by atoms with Crippen molar-refractivity contribution in [2.75, 3.05) is 30.1 Å². The topological polar surface area (TPSA) is 151 Å². The van der Waals surface area contributed by atoms with Gasteiger partial charge >= 0.3 is 24.4 Å². The third-order valence-electron chi connectivity index (χ3n) is 8.27. The van der Waals surface area contributed by atoms with Crippen molar-refractivity contribution in [1.82, 2.24) is 15.0 Å². The quantitative estimate of drug-likeness (QED) is 0.137. The molecule has 280 valence electrons. The lowest BCUT2D eigenvalue weighted by molar-refractivity contribution is -0.149. The van der Waals surface area contributed by atoms with Crippen LogP contribution in [0.5, 0.6) is 11.6 Å². The van der Waals surface area contributed by atoms with Crippen molar-refractivity contribution in [2.24, 2.45) is 5.41 Å². The van der Waals surface area contributed by atoms with E-state index >= 15 is 0 Å². The number of carboxylic acid groups (broad SMARTS) is 1. The number of anilines is 2. The monoisotopic (exact) mass is 738 g/mol. The molecule has 2 atom stereocenters. The number of halogens is 6. The van der Waals surface area contributed by atoms with Gasteiger partial charge in [0.05, 0.1) is 66.1 Å². The van der Waals surface area contributed by atoms with Crippen LogP contribution >= 0.6 is 0 Å². The van der Waals surface area contributed by atoms with Crippen molar-refractivity contribution < 1.29 is 55.2 Å². The van der Waals surface area contributed by atoms with E-state index in [0.717, 1.165) is 0 Å². The Morgan fingerprint density at radius 3 is 2.23 bits per heavy atom. The van der Waals surface area contributed by atoms with Crippen molar-refractivity contribution in [3.8, 4) is 17.7 Å². The van der Waals surface area contributed by atoms with Crippen molar-refractivity contribution in [1.29, 1.82) is 5.26 Å². The zero-order valence-electron chi connectivity index (χ0n) is 28.6. The van der Waals surface area contributed by atoms with Gasteiger partial charge in [-0.15, -0.1) is 0 Å². The second-order valence-corrected chi connectivity index (χ2v) is 12.6. The molecule has 0 fully saturated rings. The SMILES string of the molecule is CC[C@@H]1CC(N(Cc2cc(C(F)(F)F)cc(C(F)(F)F)c2)c2ncc(OCCCC#N)cn2)c2nc(OC)ccc2N1C(=O)OCC(C)(C)C(=O)O. The maximum absolute atomic E-state index is 13.9. The van der Waals surface area contributed by atoms with E-state index in [-0.39, 0.29) is 60.0 Å². The molecule has 1 unspecified atom stereocenters. The molecule has 52 heavy (non-hydrogen) atoms. The van der Waals surface area contributed by atoms with Crippen molar-refractivity contribution in [3.05, 3.63) is 65.1 Å². The number of aromatic nitrogens is 3. The second kappa shape index (κ2) is 15.9. The molecule has 1 aliphatic rings. The lowest BCUT2D eigenvalue weighted by Crippen LogP contribution is -2.49. The zero-order valence-corrected chi connectivity index (χ0v) is 28.6. The first-order valence-corrected chi connectivity index (χ1v) is 16.0. The van der Waals surface area contributed by atoms with Crippen LogP contribution in [0.25, 0.3) is 0 Å². The number of ether oxygens (including phenoxy) is 3. The number of methoxy groups -OCH3 is 1. The fourth-order valence-corrected chi connectivity index (χ4v) is 5.43. The largest absolute Gasteiger partial charge is 0.490 e. The molecule has 0 aliphatic carbocycles.